The van der Waals surface area contributed by atoms with Crippen molar-refractivity contribution in [3.8, 4) is 0 Å². The van der Waals surface area contributed by atoms with Crippen LogP contribution >= 0.6 is 15.9 Å². The van der Waals surface area contributed by atoms with Crippen LogP contribution in [0.25, 0.3) is 21.9 Å². The first-order chi connectivity index (χ1) is 12.8. The molecule has 0 unspecified atom stereocenters. The minimum Gasteiger partial charge on any atom is -0.352 e. The summed E-state index contributed by atoms with van der Waals surface area (Å²) in [5, 5.41) is 1.15. The summed E-state index contributed by atoms with van der Waals surface area (Å²) in [5.74, 6) is 1.05. The molecule has 1 aromatic carbocycles. The van der Waals surface area contributed by atoms with Crippen LogP contribution in [0.5, 0.6) is 0 Å². The second kappa shape index (κ2) is 6.82. The second-order valence-electron chi connectivity index (χ2n) is 7.55. The fraction of sp³-hybridized carbons (Fsp3) is 0.500. The van der Waals surface area contributed by atoms with Gasteiger partial charge in [-0.15, -0.1) is 0 Å². The van der Waals surface area contributed by atoms with Crippen molar-refractivity contribution in [2.24, 2.45) is 0 Å². The van der Waals surface area contributed by atoms with Crippen LogP contribution in [0.4, 0.5) is 5.82 Å². The van der Waals surface area contributed by atoms with Crippen LogP contribution in [0.15, 0.2) is 29.0 Å². The zero-order chi connectivity index (χ0) is 17.5. The molecule has 1 N–H and O–H groups in total. The fourth-order valence-electron chi connectivity index (χ4n) is 4.64. The third-order valence-corrected chi connectivity index (χ3v) is 6.52. The number of nitrogens with zero attached hydrogens (tertiary/aromatic N) is 4. The number of halogens is 1. The molecule has 6 heteroatoms. The largest absolute Gasteiger partial charge is 0.352 e. The van der Waals surface area contributed by atoms with Crippen LogP contribution in [0.2, 0.25) is 0 Å². The Balaban J connectivity index is 1.42. The normalized spacial score (nSPS) is 20.3. The Morgan fingerprint density at radius 1 is 1.00 bits per heavy atom. The maximum absolute atomic E-state index is 4.64. The zero-order valence-electron chi connectivity index (χ0n) is 14.9. The number of aromatic amines is 1. The summed E-state index contributed by atoms with van der Waals surface area (Å²) in [6.07, 6.45) is 8.71. The number of fused-ring (bicyclic) bond motifs is 3. The van der Waals surface area contributed by atoms with Crippen molar-refractivity contribution in [2.75, 3.05) is 31.1 Å². The van der Waals surface area contributed by atoms with Crippen LogP contribution in [0, 0.1) is 0 Å². The van der Waals surface area contributed by atoms with Gasteiger partial charge in [0.25, 0.3) is 0 Å². The predicted molar refractivity (Wildman–Crippen MR) is 110 cm³/mol. The SMILES string of the molecule is Brc1ccc2[nH]c3c(N4CCN(C5CCCCC5)CC4)ncnc3c2c1. The van der Waals surface area contributed by atoms with E-state index in [4.69, 9.17) is 0 Å². The monoisotopic (exact) mass is 413 g/mol. The molecule has 1 saturated carbocycles. The average Bonchev–Trinajstić information content (AvgIpc) is 3.07. The standard InChI is InChI=1S/C20H24BrN5/c21-14-6-7-17-16(12-14)18-19(24-17)20(23-13-22-18)26-10-8-25(9-11-26)15-4-2-1-3-5-15/h6-7,12-13,15,24H,1-5,8-11H2. The van der Waals surface area contributed by atoms with Crippen LogP contribution in [-0.4, -0.2) is 52.1 Å². The molecule has 2 aliphatic rings. The lowest BCUT2D eigenvalue weighted by atomic mass is 9.94. The van der Waals surface area contributed by atoms with Crippen molar-refractivity contribution in [3.05, 3.63) is 29.0 Å². The van der Waals surface area contributed by atoms with Crippen LogP contribution in [0.3, 0.4) is 0 Å². The molecule has 2 fully saturated rings. The zero-order valence-corrected chi connectivity index (χ0v) is 16.5. The Hall–Kier alpha value is -1.66. The van der Waals surface area contributed by atoms with Crippen LogP contribution < -0.4 is 4.90 Å². The van der Waals surface area contributed by atoms with Crippen molar-refractivity contribution in [1.29, 1.82) is 0 Å². The molecule has 136 valence electrons. The molecule has 2 aromatic heterocycles. The molecule has 0 atom stereocenters. The van der Waals surface area contributed by atoms with Gasteiger partial charge >= 0.3 is 0 Å². The highest BCUT2D eigenvalue weighted by Gasteiger charge is 2.26. The molecule has 0 spiro atoms. The van der Waals surface area contributed by atoms with Crippen molar-refractivity contribution in [2.45, 2.75) is 38.1 Å². The summed E-state index contributed by atoms with van der Waals surface area (Å²) in [7, 11) is 0. The maximum atomic E-state index is 4.64. The molecule has 0 amide bonds. The van der Waals surface area contributed by atoms with E-state index in [0.29, 0.717) is 0 Å². The summed E-state index contributed by atoms with van der Waals surface area (Å²) < 4.78 is 1.08. The van der Waals surface area contributed by atoms with Gasteiger partial charge in [-0.05, 0) is 31.0 Å². The minimum atomic E-state index is 0.807. The summed E-state index contributed by atoms with van der Waals surface area (Å²) in [5.41, 5.74) is 3.19. The average molecular weight is 414 g/mol. The van der Waals surface area contributed by atoms with Gasteiger partial charge in [0.1, 0.15) is 17.4 Å². The molecule has 1 saturated heterocycles. The number of nitrogens with one attached hydrogen (secondary N) is 1. The van der Waals surface area contributed by atoms with Crippen molar-refractivity contribution in [3.63, 3.8) is 0 Å². The van der Waals surface area contributed by atoms with E-state index in [-0.39, 0.29) is 0 Å². The number of aromatic nitrogens is 3. The molecule has 5 nitrogen and oxygen atoms in total. The summed E-state index contributed by atoms with van der Waals surface area (Å²) in [4.78, 5) is 17.9. The maximum Gasteiger partial charge on any atom is 0.156 e. The van der Waals surface area contributed by atoms with Gasteiger partial charge in [0, 0.05) is 47.6 Å². The Kier molecular flexibility index (Phi) is 4.33. The Morgan fingerprint density at radius 2 is 1.81 bits per heavy atom. The highest BCUT2D eigenvalue weighted by molar-refractivity contribution is 9.10. The van der Waals surface area contributed by atoms with Crippen LogP contribution in [-0.2, 0) is 0 Å². The Bertz CT molecular complexity index is 922. The fourth-order valence-corrected chi connectivity index (χ4v) is 5.00. The van der Waals surface area contributed by atoms with Crippen molar-refractivity contribution >= 4 is 43.7 Å². The summed E-state index contributed by atoms with van der Waals surface area (Å²) >= 11 is 3.57. The van der Waals surface area contributed by atoms with Gasteiger partial charge in [-0.3, -0.25) is 4.90 Å². The summed E-state index contributed by atoms with van der Waals surface area (Å²) in [6.45, 7) is 4.37. The molecule has 1 aliphatic carbocycles. The van der Waals surface area contributed by atoms with E-state index in [2.05, 4.69) is 58.9 Å². The first kappa shape index (κ1) is 16.5. The molecular formula is C20H24BrN5. The number of anilines is 1. The molecular weight excluding hydrogens is 390 g/mol. The van der Waals surface area contributed by atoms with Gasteiger partial charge in [0.2, 0.25) is 0 Å². The molecule has 3 heterocycles. The third kappa shape index (κ3) is 2.89. The van der Waals surface area contributed by atoms with Gasteiger partial charge in [-0.2, -0.15) is 0 Å². The number of benzene rings is 1. The number of rotatable bonds is 2. The van der Waals surface area contributed by atoms with Gasteiger partial charge < -0.3 is 9.88 Å². The minimum absolute atomic E-state index is 0.807. The first-order valence-corrected chi connectivity index (χ1v) is 10.5. The summed E-state index contributed by atoms with van der Waals surface area (Å²) in [6, 6.07) is 7.10. The Morgan fingerprint density at radius 3 is 2.62 bits per heavy atom. The number of hydrogen-bond acceptors (Lipinski definition) is 4. The quantitative estimate of drug-likeness (QED) is 0.678. The Labute approximate surface area is 161 Å². The predicted octanol–water partition coefficient (Wildman–Crippen LogP) is 4.33. The molecule has 26 heavy (non-hydrogen) atoms. The van der Waals surface area contributed by atoms with E-state index in [0.717, 1.165) is 64.4 Å². The lowest BCUT2D eigenvalue weighted by molar-refractivity contribution is 0.148. The van der Waals surface area contributed by atoms with E-state index in [1.807, 2.05) is 0 Å². The highest BCUT2D eigenvalue weighted by atomic mass is 79.9. The second-order valence-corrected chi connectivity index (χ2v) is 8.47. The van der Waals surface area contributed by atoms with Crippen molar-refractivity contribution in [1.82, 2.24) is 19.9 Å². The smallest absolute Gasteiger partial charge is 0.156 e. The van der Waals surface area contributed by atoms with E-state index < -0.39 is 0 Å². The van der Waals surface area contributed by atoms with E-state index in [1.54, 1.807) is 6.33 Å². The van der Waals surface area contributed by atoms with E-state index >= 15 is 0 Å². The topological polar surface area (TPSA) is 48.1 Å². The van der Waals surface area contributed by atoms with E-state index in [9.17, 15) is 0 Å². The molecule has 0 bridgehead atoms. The van der Waals surface area contributed by atoms with Gasteiger partial charge in [-0.25, -0.2) is 9.97 Å². The highest BCUT2D eigenvalue weighted by Crippen LogP contribution is 2.32. The van der Waals surface area contributed by atoms with E-state index in [1.165, 1.54) is 32.1 Å². The molecule has 0 radical (unpaired) electrons. The molecule has 3 aromatic rings. The van der Waals surface area contributed by atoms with Gasteiger partial charge in [0.15, 0.2) is 5.82 Å². The van der Waals surface area contributed by atoms with Gasteiger partial charge in [-0.1, -0.05) is 35.2 Å². The lowest BCUT2D eigenvalue weighted by Gasteiger charge is -2.41. The number of H-pyrrole nitrogens is 1. The van der Waals surface area contributed by atoms with Crippen molar-refractivity contribution < 1.29 is 0 Å². The molecule has 5 rings (SSSR count). The van der Waals surface area contributed by atoms with Crippen LogP contribution in [0.1, 0.15) is 32.1 Å². The molecule has 1 aliphatic heterocycles. The number of hydrogen-bond donors (Lipinski definition) is 1. The van der Waals surface area contributed by atoms with Gasteiger partial charge in [0.05, 0.1) is 0 Å². The lowest BCUT2D eigenvalue weighted by Crippen LogP contribution is -2.51. The third-order valence-electron chi connectivity index (χ3n) is 6.03. The first-order valence-electron chi connectivity index (χ1n) is 9.70. The number of piperazine rings is 1.